The molecule has 1 aromatic heterocycles. The van der Waals surface area contributed by atoms with E-state index in [2.05, 4.69) is 20.2 Å². The fourth-order valence-corrected chi connectivity index (χ4v) is 2.98. The molecule has 3 rings (SSSR count). The number of nitrogen functional groups attached to an aromatic ring is 1. The van der Waals surface area contributed by atoms with Crippen LogP contribution in [0.3, 0.4) is 0 Å². The van der Waals surface area contributed by atoms with Gasteiger partial charge in [-0.2, -0.15) is 0 Å². The van der Waals surface area contributed by atoms with Gasteiger partial charge < -0.3 is 16.2 Å². The molecule has 0 radical (unpaired) electrons. The maximum atomic E-state index is 11.0. The van der Waals surface area contributed by atoms with Crippen LogP contribution in [0, 0.1) is 5.92 Å². The Kier molecular flexibility index (Phi) is 4.35. The van der Waals surface area contributed by atoms with E-state index in [4.69, 9.17) is 22.4 Å². The molecule has 0 atom stereocenters. The molecular formula is C14H20ClN5O2. The summed E-state index contributed by atoms with van der Waals surface area (Å²) in [4.78, 5) is 21.0. The second kappa shape index (κ2) is 6.26. The number of halogens is 1. The van der Waals surface area contributed by atoms with Crippen LogP contribution >= 0.6 is 11.6 Å². The summed E-state index contributed by atoms with van der Waals surface area (Å²) in [6, 6.07) is 0.555. The zero-order valence-electron chi connectivity index (χ0n) is 12.2. The first-order valence-electron chi connectivity index (χ1n) is 7.51. The molecule has 1 heterocycles. The van der Waals surface area contributed by atoms with E-state index < -0.39 is 5.97 Å². The van der Waals surface area contributed by atoms with Gasteiger partial charge in [0.15, 0.2) is 5.82 Å². The summed E-state index contributed by atoms with van der Waals surface area (Å²) in [6.45, 7) is 1.01. The van der Waals surface area contributed by atoms with Gasteiger partial charge in [-0.1, -0.05) is 11.6 Å². The summed E-state index contributed by atoms with van der Waals surface area (Å²) in [5.74, 6) is 0.729. The van der Waals surface area contributed by atoms with Crippen LogP contribution in [0.5, 0.6) is 0 Å². The zero-order chi connectivity index (χ0) is 15.7. The monoisotopic (exact) mass is 325 g/mol. The number of hydrogen-bond donors (Lipinski definition) is 3. The summed E-state index contributed by atoms with van der Waals surface area (Å²) < 4.78 is 0. The zero-order valence-corrected chi connectivity index (χ0v) is 13.0. The highest BCUT2D eigenvalue weighted by Crippen LogP contribution is 2.35. The molecule has 1 aromatic rings. The van der Waals surface area contributed by atoms with Gasteiger partial charge in [0.25, 0.3) is 0 Å². The lowest BCUT2D eigenvalue weighted by atomic mass is 9.85. The number of carboxylic acids is 1. The molecule has 8 heteroatoms. The summed E-state index contributed by atoms with van der Waals surface area (Å²) in [5, 5.41) is 12.6. The van der Waals surface area contributed by atoms with Crippen molar-refractivity contribution in [2.45, 2.75) is 37.8 Å². The first-order chi connectivity index (χ1) is 10.5. The first kappa shape index (κ1) is 15.3. The normalized spacial score (nSPS) is 24.1. The van der Waals surface area contributed by atoms with E-state index in [1.54, 1.807) is 0 Å². The number of rotatable bonds is 7. The molecule has 120 valence electrons. The predicted octanol–water partition coefficient (Wildman–Crippen LogP) is 1.45. The summed E-state index contributed by atoms with van der Waals surface area (Å²) in [7, 11) is 0. The largest absolute Gasteiger partial charge is 0.480 e. The number of nitrogens with one attached hydrogen (secondary N) is 1. The second-order valence-electron chi connectivity index (χ2n) is 6.15. The van der Waals surface area contributed by atoms with E-state index in [1.165, 1.54) is 19.2 Å². The van der Waals surface area contributed by atoms with Crippen molar-refractivity contribution in [3.8, 4) is 0 Å². The van der Waals surface area contributed by atoms with Crippen molar-refractivity contribution < 1.29 is 9.90 Å². The Morgan fingerprint density at radius 1 is 1.45 bits per heavy atom. The highest BCUT2D eigenvalue weighted by atomic mass is 35.5. The summed E-state index contributed by atoms with van der Waals surface area (Å²) >= 11 is 6.06. The fourth-order valence-electron chi connectivity index (χ4n) is 2.83. The molecule has 0 amide bonds. The predicted molar refractivity (Wildman–Crippen MR) is 83.8 cm³/mol. The lowest BCUT2D eigenvalue weighted by Gasteiger charge is -2.43. The van der Waals surface area contributed by atoms with E-state index in [0.29, 0.717) is 22.8 Å². The fraction of sp³-hybridized carbons (Fsp3) is 0.643. The average molecular weight is 326 g/mol. The van der Waals surface area contributed by atoms with Gasteiger partial charge >= 0.3 is 5.97 Å². The van der Waals surface area contributed by atoms with Crippen LogP contribution in [0.25, 0.3) is 0 Å². The number of aromatic nitrogens is 2. The van der Waals surface area contributed by atoms with Crippen molar-refractivity contribution in [1.82, 2.24) is 14.9 Å². The smallest absolute Gasteiger partial charge is 0.317 e. The van der Waals surface area contributed by atoms with Crippen molar-refractivity contribution in [3.05, 3.63) is 11.3 Å². The minimum absolute atomic E-state index is 0.120. The highest BCUT2D eigenvalue weighted by molar-refractivity contribution is 6.35. The van der Waals surface area contributed by atoms with E-state index in [9.17, 15) is 4.79 Å². The third kappa shape index (κ3) is 3.59. The van der Waals surface area contributed by atoms with Crippen LogP contribution in [0.1, 0.15) is 25.7 Å². The topological polar surface area (TPSA) is 104 Å². The van der Waals surface area contributed by atoms with Gasteiger partial charge in [0.2, 0.25) is 0 Å². The molecule has 0 unspecified atom stereocenters. The van der Waals surface area contributed by atoms with Crippen molar-refractivity contribution in [2.24, 2.45) is 5.92 Å². The molecule has 0 spiro atoms. The molecule has 0 aliphatic heterocycles. The van der Waals surface area contributed by atoms with Gasteiger partial charge in [-0.05, 0) is 31.6 Å². The van der Waals surface area contributed by atoms with Crippen molar-refractivity contribution in [2.75, 3.05) is 24.1 Å². The maximum Gasteiger partial charge on any atom is 0.317 e. The second-order valence-corrected chi connectivity index (χ2v) is 6.53. The number of nitrogens with zero attached hydrogens (tertiary/aromatic N) is 3. The Labute approximate surface area is 133 Å². The number of carboxylic acid groups (broad SMARTS) is 1. The van der Waals surface area contributed by atoms with Crippen LogP contribution in [0.4, 0.5) is 11.6 Å². The first-order valence-corrected chi connectivity index (χ1v) is 7.89. The van der Waals surface area contributed by atoms with Gasteiger partial charge in [-0.3, -0.25) is 9.69 Å². The van der Waals surface area contributed by atoms with E-state index in [0.717, 1.165) is 19.4 Å². The highest BCUT2D eigenvalue weighted by Gasteiger charge is 2.37. The number of carbonyl (C=O) groups is 1. The van der Waals surface area contributed by atoms with Gasteiger partial charge in [0, 0.05) is 18.6 Å². The van der Waals surface area contributed by atoms with Crippen LogP contribution in [0.15, 0.2) is 6.33 Å². The van der Waals surface area contributed by atoms with Crippen LogP contribution in [-0.2, 0) is 4.79 Å². The Morgan fingerprint density at radius 3 is 2.82 bits per heavy atom. The molecule has 4 N–H and O–H groups in total. The number of anilines is 2. The standard InChI is InChI=1S/C14H20ClN5O2/c15-12-13(16)17-7-18-14(12)19-9-3-10(4-9)20(6-11(21)22)5-8-1-2-8/h7-10H,1-6H2,(H,21,22)(H3,16,17,18,19). The van der Waals surface area contributed by atoms with Crippen LogP contribution in [0.2, 0.25) is 5.02 Å². The van der Waals surface area contributed by atoms with E-state index in [-0.39, 0.29) is 18.4 Å². The van der Waals surface area contributed by atoms with Gasteiger partial charge in [0.05, 0.1) is 6.54 Å². The number of hydrogen-bond acceptors (Lipinski definition) is 6. The Balaban J connectivity index is 1.53. The molecule has 2 aliphatic carbocycles. The van der Waals surface area contributed by atoms with Crippen LogP contribution < -0.4 is 11.1 Å². The lowest BCUT2D eigenvalue weighted by molar-refractivity contribution is -0.139. The molecule has 2 aliphatic rings. The summed E-state index contributed by atoms with van der Waals surface area (Å²) in [5.41, 5.74) is 5.65. The third-order valence-electron chi connectivity index (χ3n) is 4.31. The SMILES string of the molecule is Nc1ncnc(NC2CC(N(CC(=O)O)CC3CC3)C2)c1Cl. The minimum atomic E-state index is -0.760. The molecule has 7 nitrogen and oxygen atoms in total. The minimum Gasteiger partial charge on any atom is -0.480 e. The molecule has 0 bridgehead atoms. The number of nitrogens with two attached hydrogens (primary N) is 1. The third-order valence-corrected chi connectivity index (χ3v) is 4.69. The molecule has 0 saturated heterocycles. The maximum absolute atomic E-state index is 11.0. The molecule has 22 heavy (non-hydrogen) atoms. The Morgan fingerprint density at radius 2 is 2.18 bits per heavy atom. The van der Waals surface area contributed by atoms with Crippen molar-refractivity contribution >= 4 is 29.2 Å². The van der Waals surface area contributed by atoms with Gasteiger partial charge in [-0.15, -0.1) is 0 Å². The molecule has 0 aromatic carbocycles. The van der Waals surface area contributed by atoms with E-state index >= 15 is 0 Å². The molecule has 2 saturated carbocycles. The average Bonchev–Trinajstić information content (AvgIpc) is 3.20. The Hall–Kier alpha value is -1.60. The summed E-state index contributed by atoms with van der Waals surface area (Å²) in [6.07, 6.45) is 5.60. The molecular weight excluding hydrogens is 306 g/mol. The van der Waals surface area contributed by atoms with Crippen molar-refractivity contribution in [1.29, 1.82) is 0 Å². The number of aliphatic carboxylic acids is 1. The van der Waals surface area contributed by atoms with Gasteiger partial charge in [-0.25, -0.2) is 9.97 Å². The quantitative estimate of drug-likeness (QED) is 0.697. The van der Waals surface area contributed by atoms with Crippen LogP contribution in [-0.4, -0.2) is 51.1 Å². The lowest BCUT2D eigenvalue weighted by Crippen LogP contribution is -2.52. The van der Waals surface area contributed by atoms with E-state index in [1.807, 2.05) is 0 Å². The Bertz CT molecular complexity index is 560. The molecule has 2 fully saturated rings. The van der Waals surface area contributed by atoms with Crippen molar-refractivity contribution in [3.63, 3.8) is 0 Å². The van der Waals surface area contributed by atoms with Gasteiger partial charge in [0.1, 0.15) is 17.2 Å².